The minimum atomic E-state index is -3.41. The maximum Gasteiger partial charge on any atom is 0.233 e. The molecule has 1 aliphatic heterocycles. The van der Waals surface area contributed by atoms with E-state index in [0.29, 0.717) is 11.6 Å². The van der Waals surface area contributed by atoms with Gasteiger partial charge in [0, 0.05) is 49.7 Å². The van der Waals surface area contributed by atoms with Gasteiger partial charge in [0.15, 0.2) is 0 Å². The van der Waals surface area contributed by atoms with Crippen molar-refractivity contribution in [1.29, 1.82) is 0 Å². The summed E-state index contributed by atoms with van der Waals surface area (Å²) < 4.78 is 26.5. The normalized spacial score (nSPS) is 17.8. The van der Waals surface area contributed by atoms with Crippen molar-refractivity contribution in [3.63, 3.8) is 0 Å². The van der Waals surface area contributed by atoms with Gasteiger partial charge in [-0.15, -0.1) is 0 Å². The molecule has 1 fully saturated rings. The molecule has 0 aliphatic carbocycles. The Balaban J connectivity index is 1.75. The summed E-state index contributed by atoms with van der Waals surface area (Å²) in [5.41, 5.74) is 0.801. The third kappa shape index (κ3) is 6.61. The van der Waals surface area contributed by atoms with E-state index in [-0.39, 0.29) is 0 Å². The van der Waals surface area contributed by atoms with Gasteiger partial charge in [-0.3, -0.25) is 4.90 Å². The summed E-state index contributed by atoms with van der Waals surface area (Å²) in [6, 6.07) is 7.03. The Morgan fingerprint density at radius 3 is 2.35 bits per heavy atom. The Labute approximate surface area is 144 Å². The fraction of sp³-hybridized carbons (Fsp3) is 0.500. The van der Waals surface area contributed by atoms with Gasteiger partial charge in [0.25, 0.3) is 0 Å². The maximum absolute atomic E-state index is 12.0. The first-order valence-corrected chi connectivity index (χ1v) is 9.79. The number of nitrogens with one attached hydrogen (secondary N) is 1. The van der Waals surface area contributed by atoms with Crippen molar-refractivity contribution < 1.29 is 8.42 Å². The number of benzene rings is 1. The highest BCUT2D eigenvalue weighted by Crippen LogP contribution is 2.11. The van der Waals surface area contributed by atoms with Crippen LogP contribution in [0.3, 0.4) is 0 Å². The lowest BCUT2D eigenvalue weighted by molar-refractivity contribution is 0.139. The van der Waals surface area contributed by atoms with Crippen molar-refractivity contribution in [2.24, 2.45) is 0 Å². The number of nitrogens with zero attached hydrogens (tertiary/aromatic N) is 2. The van der Waals surface area contributed by atoms with Gasteiger partial charge >= 0.3 is 0 Å². The molecule has 128 valence electrons. The number of rotatable bonds is 7. The monoisotopic (exact) mass is 357 g/mol. The molecule has 1 saturated heterocycles. The lowest BCUT2D eigenvalue weighted by Crippen LogP contribution is -2.48. The molecule has 0 atom stereocenters. The van der Waals surface area contributed by atoms with Crippen molar-refractivity contribution >= 4 is 27.7 Å². The molecule has 23 heavy (non-hydrogen) atoms. The molecule has 0 radical (unpaired) electrons. The van der Waals surface area contributed by atoms with Crippen LogP contribution in [0.5, 0.6) is 0 Å². The van der Waals surface area contributed by atoms with Gasteiger partial charge in [0.05, 0.1) is 0 Å². The van der Waals surface area contributed by atoms with E-state index in [1.54, 1.807) is 30.3 Å². The van der Waals surface area contributed by atoms with E-state index < -0.39 is 10.0 Å². The largest absolute Gasteiger partial charge is 0.301 e. The van der Waals surface area contributed by atoms with Crippen LogP contribution in [0.4, 0.5) is 0 Å². The second-order valence-electron chi connectivity index (χ2n) is 5.57. The van der Waals surface area contributed by atoms with Gasteiger partial charge in [-0.25, -0.2) is 13.1 Å². The van der Waals surface area contributed by atoms with Crippen LogP contribution in [0.15, 0.2) is 29.7 Å². The maximum atomic E-state index is 12.0. The molecule has 1 N–H and O–H groups in total. The quantitative estimate of drug-likeness (QED) is 0.809. The van der Waals surface area contributed by atoms with Crippen molar-refractivity contribution in [2.45, 2.75) is 6.92 Å². The van der Waals surface area contributed by atoms with E-state index in [0.717, 1.165) is 44.8 Å². The van der Waals surface area contributed by atoms with E-state index in [1.165, 1.54) is 5.41 Å². The molecular weight excluding hydrogens is 334 g/mol. The number of likely N-dealkylation sites (N-methyl/N-ethyl adjacent to an activating group) is 1. The van der Waals surface area contributed by atoms with Crippen molar-refractivity contribution in [3.8, 4) is 0 Å². The second kappa shape index (κ2) is 8.80. The molecule has 2 rings (SSSR count). The summed E-state index contributed by atoms with van der Waals surface area (Å²) in [6.45, 7) is 8.52. The number of sulfonamides is 1. The molecule has 5 nitrogen and oxygen atoms in total. The topological polar surface area (TPSA) is 52.6 Å². The van der Waals surface area contributed by atoms with E-state index in [4.69, 9.17) is 11.6 Å². The third-order valence-corrected chi connectivity index (χ3v) is 5.31. The standard InChI is InChI=1S/C16H24ClN3O2S/c1-2-19-10-12-20(13-11-19)9-8-18-23(21,22)14-7-15-3-5-16(17)6-4-15/h3-7,14,18H,2,8-13H2,1H3/b14-7+. The predicted molar refractivity (Wildman–Crippen MR) is 96.0 cm³/mol. The molecule has 0 aromatic heterocycles. The van der Waals surface area contributed by atoms with Crippen molar-refractivity contribution in [2.75, 3.05) is 45.8 Å². The summed E-state index contributed by atoms with van der Waals surface area (Å²) in [5, 5.41) is 1.83. The van der Waals surface area contributed by atoms with E-state index >= 15 is 0 Å². The average molecular weight is 358 g/mol. The van der Waals surface area contributed by atoms with Crippen molar-refractivity contribution in [3.05, 3.63) is 40.3 Å². The fourth-order valence-corrected chi connectivity index (χ4v) is 3.40. The Morgan fingerprint density at radius 2 is 1.74 bits per heavy atom. The van der Waals surface area contributed by atoms with Crippen molar-refractivity contribution in [1.82, 2.24) is 14.5 Å². The highest BCUT2D eigenvalue weighted by Gasteiger charge is 2.15. The highest BCUT2D eigenvalue weighted by molar-refractivity contribution is 7.92. The van der Waals surface area contributed by atoms with Crippen LogP contribution >= 0.6 is 11.6 Å². The Hall–Kier alpha value is -0.920. The molecule has 0 bridgehead atoms. The van der Waals surface area contributed by atoms with Crippen LogP contribution in [0.25, 0.3) is 6.08 Å². The summed E-state index contributed by atoms with van der Waals surface area (Å²) in [5.74, 6) is 0. The smallest absolute Gasteiger partial charge is 0.233 e. The zero-order chi connectivity index (χ0) is 16.7. The molecule has 7 heteroatoms. The second-order valence-corrected chi connectivity index (χ2v) is 7.66. The number of piperazine rings is 1. The summed E-state index contributed by atoms with van der Waals surface area (Å²) >= 11 is 5.80. The average Bonchev–Trinajstić information content (AvgIpc) is 2.55. The lowest BCUT2D eigenvalue weighted by Gasteiger charge is -2.33. The Bertz CT molecular complexity index is 609. The van der Waals surface area contributed by atoms with Crippen LogP contribution in [0.1, 0.15) is 12.5 Å². The molecule has 0 saturated carbocycles. The highest BCUT2D eigenvalue weighted by atomic mass is 35.5. The van der Waals surface area contributed by atoms with Crippen LogP contribution in [-0.4, -0.2) is 64.0 Å². The SMILES string of the molecule is CCN1CCN(CCNS(=O)(=O)/C=C/c2ccc(Cl)cc2)CC1. The summed E-state index contributed by atoms with van der Waals surface area (Å²) in [4.78, 5) is 4.69. The third-order valence-electron chi connectivity index (χ3n) is 3.95. The zero-order valence-electron chi connectivity index (χ0n) is 13.4. The van der Waals surface area contributed by atoms with E-state index in [2.05, 4.69) is 21.4 Å². The number of halogens is 1. The van der Waals surface area contributed by atoms with Gasteiger partial charge in [-0.2, -0.15) is 0 Å². The molecule has 0 amide bonds. The first kappa shape index (κ1) is 18.4. The Morgan fingerprint density at radius 1 is 1.13 bits per heavy atom. The number of hydrogen-bond donors (Lipinski definition) is 1. The fourth-order valence-electron chi connectivity index (χ4n) is 2.47. The summed E-state index contributed by atoms with van der Waals surface area (Å²) in [6.07, 6.45) is 1.57. The minimum Gasteiger partial charge on any atom is -0.301 e. The number of hydrogen-bond acceptors (Lipinski definition) is 4. The Kier molecular flexibility index (Phi) is 7.05. The van der Waals surface area contributed by atoms with Crippen LogP contribution in [-0.2, 0) is 10.0 Å². The lowest BCUT2D eigenvalue weighted by atomic mass is 10.2. The van der Waals surface area contributed by atoms with E-state index in [9.17, 15) is 8.42 Å². The first-order chi connectivity index (χ1) is 11.0. The molecule has 1 aromatic carbocycles. The molecule has 0 unspecified atom stereocenters. The predicted octanol–water partition coefficient (Wildman–Crippen LogP) is 1.87. The van der Waals surface area contributed by atoms with Crippen LogP contribution < -0.4 is 4.72 Å². The van der Waals surface area contributed by atoms with Gasteiger partial charge in [0.2, 0.25) is 10.0 Å². The van der Waals surface area contributed by atoms with Gasteiger partial charge < -0.3 is 4.90 Å². The molecule has 1 heterocycles. The van der Waals surface area contributed by atoms with Crippen LogP contribution in [0.2, 0.25) is 5.02 Å². The molecule has 1 aromatic rings. The van der Waals surface area contributed by atoms with Gasteiger partial charge in [-0.1, -0.05) is 30.7 Å². The first-order valence-electron chi connectivity index (χ1n) is 7.86. The molecule has 0 spiro atoms. The zero-order valence-corrected chi connectivity index (χ0v) is 15.0. The minimum absolute atomic E-state index is 0.430. The molecule has 1 aliphatic rings. The van der Waals surface area contributed by atoms with E-state index in [1.807, 2.05) is 0 Å². The van der Waals surface area contributed by atoms with Crippen LogP contribution in [0, 0.1) is 0 Å². The molecular formula is C16H24ClN3O2S. The summed E-state index contributed by atoms with van der Waals surface area (Å²) in [7, 11) is -3.41. The van der Waals surface area contributed by atoms with Gasteiger partial charge in [0.1, 0.15) is 0 Å². The van der Waals surface area contributed by atoms with Gasteiger partial charge in [-0.05, 0) is 30.3 Å².